The fraction of sp³-hybridized carbons (Fsp3) is 0.647. The highest BCUT2D eigenvalue weighted by Gasteiger charge is 2.24. The van der Waals surface area contributed by atoms with E-state index in [0.29, 0.717) is 6.10 Å². The Morgan fingerprint density at radius 2 is 2.00 bits per heavy atom. The van der Waals surface area contributed by atoms with Gasteiger partial charge >= 0.3 is 0 Å². The van der Waals surface area contributed by atoms with E-state index in [-0.39, 0.29) is 12.1 Å². The molecule has 1 aliphatic rings. The summed E-state index contributed by atoms with van der Waals surface area (Å²) in [6.45, 7) is 4.26. The number of nitrogens with two attached hydrogens (primary N) is 1. The van der Waals surface area contributed by atoms with Crippen molar-refractivity contribution in [3.05, 3.63) is 35.4 Å². The lowest BCUT2D eigenvalue weighted by Crippen LogP contribution is -2.33. The molecule has 0 bridgehead atoms. The van der Waals surface area contributed by atoms with Crippen molar-refractivity contribution in [2.45, 2.75) is 70.6 Å². The van der Waals surface area contributed by atoms with Gasteiger partial charge in [0.05, 0.1) is 12.2 Å². The summed E-state index contributed by atoms with van der Waals surface area (Å²) < 4.78 is 6.36. The lowest BCUT2D eigenvalue weighted by Gasteiger charge is -2.31. The van der Waals surface area contributed by atoms with Gasteiger partial charge in [-0.2, -0.15) is 0 Å². The molecule has 2 heteroatoms. The van der Waals surface area contributed by atoms with Crippen molar-refractivity contribution in [2.75, 3.05) is 0 Å². The van der Waals surface area contributed by atoms with Gasteiger partial charge in [-0.25, -0.2) is 0 Å². The van der Waals surface area contributed by atoms with Gasteiger partial charge in [0.1, 0.15) is 0 Å². The second kappa shape index (κ2) is 7.06. The van der Waals surface area contributed by atoms with E-state index in [2.05, 4.69) is 38.1 Å². The average Bonchev–Trinajstić information content (AvgIpc) is 2.45. The number of aryl methyl sites for hydroxylation is 1. The van der Waals surface area contributed by atoms with E-state index in [0.717, 1.165) is 6.42 Å². The van der Waals surface area contributed by atoms with E-state index in [1.807, 2.05) is 0 Å². The van der Waals surface area contributed by atoms with Crippen LogP contribution in [0.25, 0.3) is 0 Å². The fourth-order valence-electron chi connectivity index (χ4n) is 2.90. The summed E-state index contributed by atoms with van der Waals surface area (Å²) >= 11 is 0. The Kier molecular flexibility index (Phi) is 5.41. The summed E-state index contributed by atoms with van der Waals surface area (Å²) in [6.07, 6.45) is 7.74. The van der Waals surface area contributed by atoms with E-state index in [9.17, 15) is 0 Å². The highest BCUT2D eigenvalue weighted by molar-refractivity contribution is 5.25. The van der Waals surface area contributed by atoms with Gasteiger partial charge in [-0.1, -0.05) is 56.0 Å². The van der Waals surface area contributed by atoms with Crippen LogP contribution in [0.15, 0.2) is 24.3 Å². The van der Waals surface area contributed by atoms with E-state index in [1.54, 1.807) is 0 Å². The second-order valence-corrected chi connectivity index (χ2v) is 5.80. The van der Waals surface area contributed by atoms with Gasteiger partial charge in [0.2, 0.25) is 0 Å². The minimum Gasteiger partial charge on any atom is -0.369 e. The van der Waals surface area contributed by atoms with E-state index < -0.39 is 0 Å². The first-order chi connectivity index (χ1) is 9.20. The molecule has 1 aromatic rings. The molecule has 0 aromatic heterocycles. The molecule has 0 saturated heterocycles. The molecule has 1 aromatic carbocycles. The standard InChI is InChI=1S/C17H27NO/c1-3-16(18)17(14-9-7-8-13(2)12-14)19-15-10-5-4-6-11-15/h7-9,12,15-17H,3-6,10-11,18H2,1-2H3. The molecule has 0 spiro atoms. The van der Waals surface area contributed by atoms with Crippen molar-refractivity contribution >= 4 is 0 Å². The van der Waals surface area contributed by atoms with Crippen LogP contribution in [0.4, 0.5) is 0 Å². The van der Waals surface area contributed by atoms with Crippen molar-refractivity contribution in [3.63, 3.8) is 0 Å². The van der Waals surface area contributed by atoms with Crippen LogP contribution in [-0.4, -0.2) is 12.1 Å². The highest BCUT2D eigenvalue weighted by Crippen LogP contribution is 2.29. The third kappa shape index (κ3) is 4.05. The molecular weight excluding hydrogens is 234 g/mol. The van der Waals surface area contributed by atoms with Crippen LogP contribution in [-0.2, 0) is 4.74 Å². The molecule has 1 saturated carbocycles. The van der Waals surface area contributed by atoms with E-state index in [1.165, 1.54) is 43.2 Å². The zero-order chi connectivity index (χ0) is 13.7. The second-order valence-electron chi connectivity index (χ2n) is 5.80. The van der Waals surface area contributed by atoms with Crippen molar-refractivity contribution in [1.82, 2.24) is 0 Å². The maximum absolute atomic E-state index is 6.36. The van der Waals surface area contributed by atoms with Gasteiger partial charge in [0.25, 0.3) is 0 Å². The fourth-order valence-corrected chi connectivity index (χ4v) is 2.90. The molecule has 0 radical (unpaired) electrons. The predicted octanol–water partition coefficient (Wildman–Crippen LogP) is 4.12. The maximum Gasteiger partial charge on any atom is 0.0979 e. The Balaban J connectivity index is 2.11. The van der Waals surface area contributed by atoms with Crippen LogP contribution in [0.3, 0.4) is 0 Å². The van der Waals surface area contributed by atoms with Crippen LogP contribution in [0.1, 0.15) is 62.7 Å². The molecular formula is C17H27NO. The van der Waals surface area contributed by atoms with Crippen LogP contribution >= 0.6 is 0 Å². The number of rotatable bonds is 5. The maximum atomic E-state index is 6.36. The highest BCUT2D eigenvalue weighted by atomic mass is 16.5. The number of ether oxygens (including phenoxy) is 1. The predicted molar refractivity (Wildman–Crippen MR) is 80.1 cm³/mol. The van der Waals surface area contributed by atoms with Gasteiger partial charge < -0.3 is 10.5 Å². The summed E-state index contributed by atoms with van der Waals surface area (Å²) in [5.41, 5.74) is 8.80. The van der Waals surface area contributed by atoms with Crippen LogP contribution in [0.2, 0.25) is 0 Å². The quantitative estimate of drug-likeness (QED) is 0.865. The van der Waals surface area contributed by atoms with Gasteiger partial charge in [-0.05, 0) is 31.7 Å². The Morgan fingerprint density at radius 3 is 2.63 bits per heavy atom. The summed E-state index contributed by atoms with van der Waals surface area (Å²) in [7, 11) is 0. The summed E-state index contributed by atoms with van der Waals surface area (Å²) in [4.78, 5) is 0. The SMILES string of the molecule is CCC(N)C(OC1CCCCC1)c1cccc(C)c1. The number of hydrogen-bond donors (Lipinski definition) is 1. The molecule has 2 nitrogen and oxygen atoms in total. The molecule has 19 heavy (non-hydrogen) atoms. The number of benzene rings is 1. The molecule has 2 N–H and O–H groups in total. The number of hydrogen-bond acceptors (Lipinski definition) is 2. The topological polar surface area (TPSA) is 35.2 Å². The van der Waals surface area contributed by atoms with E-state index >= 15 is 0 Å². The molecule has 2 rings (SSSR count). The molecule has 2 unspecified atom stereocenters. The van der Waals surface area contributed by atoms with Gasteiger partial charge in [-0.3, -0.25) is 0 Å². The smallest absolute Gasteiger partial charge is 0.0979 e. The minimum absolute atomic E-state index is 0.0491. The lowest BCUT2D eigenvalue weighted by atomic mass is 9.95. The third-order valence-corrected chi connectivity index (χ3v) is 4.12. The van der Waals surface area contributed by atoms with Crippen LogP contribution in [0, 0.1) is 6.92 Å². The summed E-state index contributed by atoms with van der Waals surface area (Å²) in [6, 6.07) is 8.67. The Morgan fingerprint density at radius 1 is 1.26 bits per heavy atom. The van der Waals surface area contributed by atoms with Gasteiger partial charge in [0.15, 0.2) is 0 Å². The van der Waals surface area contributed by atoms with Crippen molar-refractivity contribution in [1.29, 1.82) is 0 Å². The van der Waals surface area contributed by atoms with Crippen molar-refractivity contribution < 1.29 is 4.74 Å². The normalized spacial score (nSPS) is 20.2. The first kappa shape index (κ1) is 14.5. The van der Waals surface area contributed by atoms with Gasteiger partial charge in [-0.15, -0.1) is 0 Å². The van der Waals surface area contributed by atoms with Crippen LogP contribution in [0.5, 0.6) is 0 Å². The molecule has 2 atom stereocenters. The first-order valence-electron chi connectivity index (χ1n) is 7.68. The first-order valence-corrected chi connectivity index (χ1v) is 7.68. The molecule has 0 aliphatic heterocycles. The minimum atomic E-state index is 0.0491. The van der Waals surface area contributed by atoms with Gasteiger partial charge in [0, 0.05) is 6.04 Å². The Hall–Kier alpha value is -0.860. The Labute approximate surface area is 117 Å². The summed E-state index contributed by atoms with van der Waals surface area (Å²) in [5, 5.41) is 0. The van der Waals surface area contributed by atoms with Crippen molar-refractivity contribution in [3.8, 4) is 0 Å². The molecule has 0 amide bonds. The van der Waals surface area contributed by atoms with E-state index in [4.69, 9.17) is 10.5 Å². The van der Waals surface area contributed by atoms with Crippen LogP contribution < -0.4 is 5.73 Å². The average molecular weight is 261 g/mol. The summed E-state index contributed by atoms with van der Waals surface area (Å²) in [5.74, 6) is 0. The molecule has 1 aliphatic carbocycles. The monoisotopic (exact) mass is 261 g/mol. The lowest BCUT2D eigenvalue weighted by molar-refractivity contribution is -0.0437. The third-order valence-electron chi connectivity index (χ3n) is 4.12. The Bertz CT molecular complexity index is 385. The van der Waals surface area contributed by atoms with Crippen molar-refractivity contribution in [2.24, 2.45) is 5.73 Å². The molecule has 1 fully saturated rings. The largest absolute Gasteiger partial charge is 0.369 e. The zero-order valence-electron chi connectivity index (χ0n) is 12.3. The molecule has 0 heterocycles. The molecule has 106 valence electrons. The zero-order valence-corrected chi connectivity index (χ0v) is 12.3.